The van der Waals surface area contributed by atoms with Crippen LogP contribution in [0.15, 0.2) is 11.6 Å². The summed E-state index contributed by atoms with van der Waals surface area (Å²) in [4.78, 5) is 0. The van der Waals surface area contributed by atoms with Gasteiger partial charge in [-0.25, -0.2) is 8.78 Å². The van der Waals surface area contributed by atoms with Crippen molar-refractivity contribution in [3.05, 3.63) is 11.6 Å². The van der Waals surface area contributed by atoms with Crippen molar-refractivity contribution in [3.8, 4) is 0 Å². The lowest BCUT2D eigenvalue weighted by Gasteiger charge is -1.95. The predicted octanol–water partition coefficient (Wildman–Crippen LogP) is 1.55. The lowest BCUT2D eigenvalue weighted by atomic mass is 10.2. The van der Waals surface area contributed by atoms with Crippen LogP contribution < -0.4 is 5.73 Å². The molecule has 3 heteroatoms. The predicted molar refractivity (Wildman–Crippen MR) is 33.4 cm³/mol. The Morgan fingerprint density at radius 3 is 2.56 bits per heavy atom. The van der Waals surface area contributed by atoms with Crippen LogP contribution in [-0.2, 0) is 0 Å². The molecule has 0 spiro atoms. The second-order valence-electron chi connectivity index (χ2n) is 1.83. The topological polar surface area (TPSA) is 26.0 Å². The summed E-state index contributed by atoms with van der Waals surface area (Å²) < 4.78 is 23.3. The van der Waals surface area contributed by atoms with Gasteiger partial charge in [0.2, 0.25) is 0 Å². The van der Waals surface area contributed by atoms with Gasteiger partial charge in [-0.1, -0.05) is 6.08 Å². The molecular formula is C6H11F2N. The first kappa shape index (κ1) is 8.56. The van der Waals surface area contributed by atoms with Crippen LogP contribution in [0.4, 0.5) is 8.78 Å². The van der Waals surface area contributed by atoms with Crippen molar-refractivity contribution < 1.29 is 8.78 Å². The van der Waals surface area contributed by atoms with Crippen LogP contribution in [0.1, 0.15) is 13.3 Å². The standard InChI is InChI=1S/C6H11F2N/c1-5(6(7)8)3-2-4-9/h3,6H,2,4,9H2,1H3/b5-3+. The van der Waals surface area contributed by atoms with Gasteiger partial charge < -0.3 is 5.73 Å². The summed E-state index contributed by atoms with van der Waals surface area (Å²) in [7, 11) is 0. The van der Waals surface area contributed by atoms with E-state index >= 15 is 0 Å². The van der Waals surface area contributed by atoms with E-state index in [1.54, 1.807) is 0 Å². The summed E-state index contributed by atoms with van der Waals surface area (Å²) in [5, 5.41) is 0. The molecule has 0 aliphatic heterocycles. The van der Waals surface area contributed by atoms with Gasteiger partial charge in [0.25, 0.3) is 6.43 Å². The third-order valence-electron chi connectivity index (χ3n) is 0.977. The van der Waals surface area contributed by atoms with Crippen molar-refractivity contribution in [3.63, 3.8) is 0 Å². The van der Waals surface area contributed by atoms with Crippen LogP contribution in [0.3, 0.4) is 0 Å². The fourth-order valence-corrected chi connectivity index (χ4v) is 0.400. The van der Waals surface area contributed by atoms with Crippen LogP contribution in [-0.4, -0.2) is 13.0 Å². The van der Waals surface area contributed by atoms with Gasteiger partial charge in [0.15, 0.2) is 0 Å². The molecule has 0 unspecified atom stereocenters. The molecule has 0 heterocycles. The maximum atomic E-state index is 11.6. The van der Waals surface area contributed by atoms with Gasteiger partial charge in [-0.2, -0.15) is 0 Å². The fourth-order valence-electron chi connectivity index (χ4n) is 0.400. The van der Waals surface area contributed by atoms with Crippen molar-refractivity contribution in [2.75, 3.05) is 6.54 Å². The number of nitrogens with two attached hydrogens (primary N) is 1. The molecule has 54 valence electrons. The molecule has 0 radical (unpaired) electrons. The molecule has 2 N–H and O–H groups in total. The molecule has 0 saturated heterocycles. The van der Waals surface area contributed by atoms with Gasteiger partial charge in [0, 0.05) is 0 Å². The van der Waals surface area contributed by atoms with E-state index in [1.165, 1.54) is 13.0 Å². The first-order valence-corrected chi connectivity index (χ1v) is 2.83. The van der Waals surface area contributed by atoms with E-state index in [9.17, 15) is 8.78 Å². The maximum absolute atomic E-state index is 11.6. The number of halogens is 2. The molecule has 0 saturated carbocycles. The molecule has 1 nitrogen and oxygen atoms in total. The normalized spacial score (nSPS) is 12.8. The summed E-state index contributed by atoms with van der Waals surface area (Å²) in [6.45, 7) is 1.84. The molecule has 0 aromatic carbocycles. The van der Waals surface area contributed by atoms with Gasteiger partial charge in [-0.05, 0) is 25.5 Å². The summed E-state index contributed by atoms with van der Waals surface area (Å²) in [6, 6.07) is 0. The Bertz CT molecular complexity index is 99.2. The monoisotopic (exact) mass is 135 g/mol. The Kier molecular flexibility index (Phi) is 4.22. The summed E-state index contributed by atoms with van der Waals surface area (Å²) in [5.41, 5.74) is 5.20. The lowest BCUT2D eigenvalue weighted by Crippen LogP contribution is -1.98. The highest BCUT2D eigenvalue weighted by Crippen LogP contribution is 2.06. The Balaban J connectivity index is 3.55. The highest BCUT2D eigenvalue weighted by Gasteiger charge is 2.02. The molecule has 0 rings (SSSR count). The second-order valence-corrected chi connectivity index (χ2v) is 1.83. The summed E-state index contributed by atoms with van der Waals surface area (Å²) >= 11 is 0. The zero-order valence-corrected chi connectivity index (χ0v) is 5.40. The average molecular weight is 135 g/mol. The van der Waals surface area contributed by atoms with E-state index in [-0.39, 0.29) is 5.57 Å². The Morgan fingerprint density at radius 1 is 1.67 bits per heavy atom. The smallest absolute Gasteiger partial charge is 0.259 e. The van der Waals surface area contributed by atoms with Crippen LogP contribution >= 0.6 is 0 Å². The van der Waals surface area contributed by atoms with Gasteiger partial charge in [0.1, 0.15) is 0 Å². The van der Waals surface area contributed by atoms with Gasteiger partial charge >= 0.3 is 0 Å². The third kappa shape index (κ3) is 4.09. The quantitative estimate of drug-likeness (QED) is 0.584. The molecule has 0 atom stereocenters. The Morgan fingerprint density at radius 2 is 2.22 bits per heavy atom. The van der Waals surface area contributed by atoms with E-state index in [1.807, 2.05) is 0 Å². The van der Waals surface area contributed by atoms with E-state index < -0.39 is 6.43 Å². The maximum Gasteiger partial charge on any atom is 0.259 e. The number of rotatable bonds is 3. The Hall–Kier alpha value is -0.440. The minimum absolute atomic E-state index is 0.112. The van der Waals surface area contributed by atoms with Crippen LogP contribution in [0.5, 0.6) is 0 Å². The van der Waals surface area contributed by atoms with Gasteiger partial charge in [-0.15, -0.1) is 0 Å². The van der Waals surface area contributed by atoms with Crippen molar-refractivity contribution in [1.82, 2.24) is 0 Å². The molecule has 0 aliphatic carbocycles. The van der Waals surface area contributed by atoms with Crippen molar-refractivity contribution in [2.45, 2.75) is 19.8 Å². The zero-order valence-electron chi connectivity index (χ0n) is 5.40. The molecule has 0 fully saturated rings. The third-order valence-corrected chi connectivity index (χ3v) is 0.977. The highest BCUT2D eigenvalue weighted by atomic mass is 19.3. The van der Waals surface area contributed by atoms with Gasteiger partial charge in [-0.3, -0.25) is 0 Å². The largest absolute Gasteiger partial charge is 0.330 e. The van der Waals surface area contributed by atoms with Crippen LogP contribution in [0.25, 0.3) is 0 Å². The number of allylic oxidation sites excluding steroid dienone is 1. The molecule has 0 aromatic heterocycles. The van der Waals surface area contributed by atoms with Crippen LogP contribution in [0.2, 0.25) is 0 Å². The van der Waals surface area contributed by atoms with Crippen molar-refractivity contribution in [2.24, 2.45) is 5.73 Å². The minimum Gasteiger partial charge on any atom is -0.330 e. The SMILES string of the molecule is C/C(=C\CCN)C(F)F. The minimum atomic E-state index is -2.32. The first-order valence-electron chi connectivity index (χ1n) is 2.83. The van der Waals surface area contributed by atoms with E-state index in [4.69, 9.17) is 5.73 Å². The lowest BCUT2D eigenvalue weighted by molar-refractivity contribution is 0.189. The molecule has 0 aromatic rings. The van der Waals surface area contributed by atoms with E-state index in [0.717, 1.165) is 0 Å². The van der Waals surface area contributed by atoms with Crippen molar-refractivity contribution >= 4 is 0 Å². The molecular weight excluding hydrogens is 124 g/mol. The number of alkyl halides is 2. The molecule has 0 aliphatic rings. The fraction of sp³-hybridized carbons (Fsp3) is 0.667. The number of hydrogen-bond acceptors (Lipinski definition) is 1. The summed E-state index contributed by atoms with van der Waals surface area (Å²) in [5.74, 6) is 0. The molecule has 9 heavy (non-hydrogen) atoms. The Labute approximate surface area is 53.5 Å². The second kappa shape index (κ2) is 4.44. The van der Waals surface area contributed by atoms with Gasteiger partial charge in [0.05, 0.1) is 0 Å². The van der Waals surface area contributed by atoms with E-state index in [0.29, 0.717) is 13.0 Å². The molecule has 0 amide bonds. The highest BCUT2D eigenvalue weighted by molar-refractivity contribution is 5.00. The van der Waals surface area contributed by atoms with Crippen LogP contribution in [0, 0.1) is 0 Å². The average Bonchev–Trinajstić information content (AvgIpc) is 1.82. The van der Waals surface area contributed by atoms with E-state index in [2.05, 4.69) is 0 Å². The summed E-state index contributed by atoms with van der Waals surface area (Å²) in [6.07, 6.45) is -0.322. The first-order chi connectivity index (χ1) is 4.18. The number of hydrogen-bond donors (Lipinski definition) is 1. The molecule has 0 bridgehead atoms. The van der Waals surface area contributed by atoms with Crippen molar-refractivity contribution in [1.29, 1.82) is 0 Å². The zero-order chi connectivity index (χ0) is 7.28.